The van der Waals surface area contributed by atoms with Crippen molar-refractivity contribution in [2.24, 2.45) is 11.8 Å². The molecule has 1 fully saturated rings. The van der Waals surface area contributed by atoms with Gasteiger partial charge in [-0.05, 0) is 38.0 Å². The van der Waals surface area contributed by atoms with E-state index in [2.05, 4.69) is 6.92 Å². The molecule has 1 aliphatic carbocycles. The molecule has 1 rings (SSSR count). The molecule has 0 aliphatic heterocycles. The Balaban J connectivity index is 2.30. The van der Waals surface area contributed by atoms with Gasteiger partial charge in [0.2, 0.25) is 0 Å². The summed E-state index contributed by atoms with van der Waals surface area (Å²) in [6.07, 6.45) is 14.9. The number of hydrogen-bond acceptors (Lipinski definition) is 4. The van der Waals surface area contributed by atoms with Crippen LogP contribution in [0.5, 0.6) is 0 Å². The van der Waals surface area contributed by atoms with Gasteiger partial charge in [0.15, 0.2) is 0 Å². The standard InChI is InChI=1S/C22H38O5/c1-2-3-8-12-18-19(21(25)16-20(18)24)15-14-17(23)11-9-6-4-5-7-10-13-22(26)27/h6,9,14-15,17-21,23-25H,2-5,7-8,10-13,16H2,1H3,(H,26,27)/b9-6-,15-14+/t17-,18-,19-,20-,21+/m1/s1. The topological polar surface area (TPSA) is 98.0 Å². The maximum absolute atomic E-state index is 10.4. The Morgan fingerprint density at radius 2 is 1.85 bits per heavy atom. The highest BCUT2D eigenvalue weighted by Gasteiger charge is 2.39. The molecule has 0 amide bonds. The predicted molar refractivity (Wildman–Crippen MR) is 107 cm³/mol. The van der Waals surface area contributed by atoms with E-state index < -0.39 is 24.3 Å². The molecular formula is C22H38O5. The Morgan fingerprint density at radius 3 is 2.56 bits per heavy atom. The average molecular weight is 383 g/mol. The molecule has 0 aromatic rings. The minimum atomic E-state index is -0.743. The van der Waals surface area contributed by atoms with Gasteiger partial charge in [-0.15, -0.1) is 0 Å². The highest BCUT2D eigenvalue weighted by Crippen LogP contribution is 2.37. The summed E-state index contributed by atoms with van der Waals surface area (Å²) >= 11 is 0. The van der Waals surface area contributed by atoms with E-state index in [0.717, 1.165) is 44.9 Å². The van der Waals surface area contributed by atoms with Gasteiger partial charge in [-0.2, -0.15) is 0 Å². The third-order valence-corrected chi connectivity index (χ3v) is 5.42. The lowest BCUT2D eigenvalue weighted by atomic mass is 9.88. The van der Waals surface area contributed by atoms with Crippen LogP contribution in [-0.2, 0) is 4.79 Å². The van der Waals surface area contributed by atoms with E-state index in [9.17, 15) is 20.1 Å². The number of aliphatic carboxylic acids is 1. The van der Waals surface area contributed by atoms with Gasteiger partial charge >= 0.3 is 5.97 Å². The summed E-state index contributed by atoms with van der Waals surface area (Å²) in [5.41, 5.74) is 0. The number of unbranched alkanes of at least 4 members (excludes halogenated alkanes) is 5. The monoisotopic (exact) mass is 382 g/mol. The van der Waals surface area contributed by atoms with Crippen LogP contribution in [0.3, 0.4) is 0 Å². The van der Waals surface area contributed by atoms with Crippen molar-refractivity contribution in [3.05, 3.63) is 24.3 Å². The van der Waals surface area contributed by atoms with E-state index in [4.69, 9.17) is 5.11 Å². The molecule has 0 aromatic heterocycles. The van der Waals surface area contributed by atoms with E-state index in [-0.39, 0.29) is 18.3 Å². The van der Waals surface area contributed by atoms with Crippen LogP contribution in [0.4, 0.5) is 0 Å². The Kier molecular flexibility index (Phi) is 12.3. The molecule has 5 nitrogen and oxygen atoms in total. The van der Waals surface area contributed by atoms with Crippen LogP contribution in [0.2, 0.25) is 0 Å². The molecule has 5 atom stereocenters. The molecule has 156 valence electrons. The van der Waals surface area contributed by atoms with Gasteiger partial charge < -0.3 is 20.4 Å². The number of carboxylic acids is 1. The van der Waals surface area contributed by atoms with Crippen molar-refractivity contribution in [2.75, 3.05) is 0 Å². The molecule has 27 heavy (non-hydrogen) atoms. The third kappa shape index (κ3) is 10.1. The summed E-state index contributed by atoms with van der Waals surface area (Å²) in [7, 11) is 0. The molecule has 1 saturated carbocycles. The van der Waals surface area contributed by atoms with Gasteiger partial charge in [0.05, 0.1) is 18.3 Å². The lowest BCUT2D eigenvalue weighted by molar-refractivity contribution is -0.137. The fourth-order valence-corrected chi connectivity index (χ4v) is 3.81. The molecule has 0 bridgehead atoms. The molecule has 0 unspecified atom stereocenters. The van der Waals surface area contributed by atoms with Crippen LogP contribution >= 0.6 is 0 Å². The maximum atomic E-state index is 10.4. The minimum absolute atomic E-state index is 0.0790. The summed E-state index contributed by atoms with van der Waals surface area (Å²) in [5, 5.41) is 39.1. The highest BCUT2D eigenvalue weighted by atomic mass is 16.4. The fourth-order valence-electron chi connectivity index (χ4n) is 3.81. The normalized spacial score (nSPS) is 27.0. The zero-order valence-electron chi connectivity index (χ0n) is 16.7. The number of carboxylic acid groups (broad SMARTS) is 1. The lowest BCUT2D eigenvalue weighted by Gasteiger charge is -2.21. The van der Waals surface area contributed by atoms with Crippen LogP contribution in [-0.4, -0.2) is 44.7 Å². The van der Waals surface area contributed by atoms with Crippen LogP contribution in [0, 0.1) is 11.8 Å². The highest BCUT2D eigenvalue weighted by molar-refractivity contribution is 5.66. The largest absolute Gasteiger partial charge is 0.481 e. The molecule has 4 N–H and O–H groups in total. The van der Waals surface area contributed by atoms with Gasteiger partial charge in [0.25, 0.3) is 0 Å². The van der Waals surface area contributed by atoms with E-state index in [1.807, 2.05) is 18.2 Å². The van der Waals surface area contributed by atoms with Crippen molar-refractivity contribution in [1.29, 1.82) is 0 Å². The number of allylic oxidation sites excluding steroid dienone is 1. The molecule has 0 saturated heterocycles. The van der Waals surface area contributed by atoms with Gasteiger partial charge in [-0.3, -0.25) is 4.79 Å². The molecular weight excluding hydrogens is 344 g/mol. The summed E-state index contributed by atoms with van der Waals surface area (Å²) in [5.74, 6) is -0.742. The lowest BCUT2D eigenvalue weighted by Crippen LogP contribution is -2.21. The Labute approximate surface area is 163 Å². The van der Waals surface area contributed by atoms with Crippen molar-refractivity contribution in [3.8, 4) is 0 Å². The van der Waals surface area contributed by atoms with Crippen LogP contribution < -0.4 is 0 Å². The number of aliphatic hydroxyl groups excluding tert-OH is 3. The minimum Gasteiger partial charge on any atom is -0.481 e. The van der Waals surface area contributed by atoms with Crippen LogP contribution in [0.1, 0.15) is 77.6 Å². The first-order chi connectivity index (χ1) is 13.0. The first kappa shape index (κ1) is 23.9. The number of hydrogen-bond donors (Lipinski definition) is 4. The van der Waals surface area contributed by atoms with Gasteiger partial charge in [-0.1, -0.05) is 56.9 Å². The molecule has 5 heteroatoms. The second kappa shape index (κ2) is 13.9. The summed E-state index contributed by atoms with van der Waals surface area (Å²) in [6, 6.07) is 0. The van der Waals surface area contributed by atoms with Crippen molar-refractivity contribution < 1.29 is 25.2 Å². The summed E-state index contributed by atoms with van der Waals surface area (Å²) < 4.78 is 0. The molecule has 0 aromatic carbocycles. The second-order valence-electron chi connectivity index (χ2n) is 7.76. The van der Waals surface area contributed by atoms with Crippen molar-refractivity contribution in [1.82, 2.24) is 0 Å². The van der Waals surface area contributed by atoms with Crippen LogP contribution in [0.15, 0.2) is 24.3 Å². The average Bonchev–Trinajstić information content (AvgIpc) is 2.88. The predicted octanol–water partition coefficient (Wildman–Crippen LogP) is 3.82. The van der Waals surface area contributed by atoms with E-state index in [1.54, 1.807) is 6.08 Å². The van der Waals surface area contributed by atoms with Crippen molar-refractivity contribution >= 4 is 5.97 Å². The number of carbonyl (C=O) groups is 1. The molecule has 0 radical (unpaired) electrons. The molecule has 1 aliphatic rings. The SMILES string of the molecule is CCCCC[C@@H]1[C@@H](/C=C/[C@H](O)C/C=C\CCCCCC(=O)O)[C@@H](O)C[C@H]1O. The van der Waals surface area contributed by atoms with E-state index in [0.29, 0.717) is 19.3 Å². The van der Waals surface area contributed by atoms with Crippen molar-refractivity contribution in [2.45, 2.75) is 95.9 Å². The Morgan fingerprint density at radius 1 is 1.07 bits per heavy atom. The molecule has 0 spiro atoms. The third-order valence-electron chi connectivity index (χ3n) is 5.42. The van der Waals surface area contributed by atoms with Gasteiger partial charge in [0.1, 0.15) is 0 Å². The van der Waals surface area contributed by atoms with Gasteiger partial charge in [0, 0.05) is 18.8 Å². The zero-order chi connectivity index (χ0) is 20.1. The first-order valence-corrected chi connectivity index (χ1v) is 10.5. The first-order valence-electron chi connectivity index (χ1n) is 10.5. The fraction of sp³-hybridized carbons (Fsp3) is 0.773. The Bertz CT molecular complexity index is 460. The van der Waals surface area contributed by atoms with E-state index in [1.165, 1.54) is 0 Å². The number of rotatable bonds is 14. The smallest absolute Gasteiger partial charge is 0.303 e. The zero-order valence-corrected chi connectivity index (χ0v) is 16.7. The van der Waals surface area contributed by atoms with Crippen LogP contribution in [0.25, 0.3) is 0 Å². The quantitative estimate of drug-likeness (QED) is 0.270. The summed E-state index contributed by atoms with van der Waals surface area (Å²) in [6.45, 7) is 2.15. The summed E-state index contributed by atoms with van der Waals surface area (Å²) in [4.78, 5) is 10.4. The Hall–Kier alpha value is -1.17. The maximum Gasteiger partial charge on any atom is 0.303 e. The number of aliphatic hydroxyl groups is 3. The van der Waals surface area contributed by atoms with Crippen molar-refractivity contribution in [3.63, 3.8) is 0 Å². The van der Waals surface area contributed by atoms with Gasteiger partial charge in [-0.25, -0.2) is 0 Å². The molecule has 0 heterocycles. The van der Waals surface area contributed by atoms with E-state index >= 15 is 0 Å². The second-order valence-corrected chi connectivity index (χ2v) is 7.76.